The minimum atomic E-state index is 0.583. The quantitative estimate of drug-likeness (QED) is 0.778. The van der Waals surface area contributed by atoms with E-state index < -0.39 is 0 Å². The molecule has 1 atom stereocenters. The van der Waals surface area contributed by atoms with E-state index in [-0.39, 0.29) is 0 Å². The Morgan fingerprint density at radius 2 is 2.20 bits per heavy atom. The molecule has 2 nitrogen and oxygen atoms in total. The lowest BCUT2D eigenvalue weighted by molar-refractivity contribution is 0.510. The highest BCUT2D eigenvalue weighted by molar-refractivity contribution is 8.01. The zero-order chi connectivity index (χ0) is 11.3. The van der Waals surface area contributed by atoms with Gasteiger partial charge in [0.1, 0.15) is 4.34 Å². The minimum absolute atomic E-state index is 0.583. The van der Waals surface area contributed by atoms with E-state index in [4.69, 9.17) is 0 Å². The van der Waals surface area contributed by atoms with E-state index in [1.54, 1.807) is 11.3 Å². The molecule has 0 aliphatic rings. The number of nitrogens with one attached hydrogen (secondary N) is 1. The first-order chi connectivity index (χ1) is 7.08. The molecule has 1 aromatic heterocycles. The van der Waals surface area contributed by atoms with E-state index in [2.05, 4.69) is 36.5 Å². The Morgan fingerprint density at radius 3 is 2.73 bits per heavy atom. The zero-order valence-electron chi connectivity index (χ0n) is 9.91. The van der Waals surface area contributed by atoms with Gasteiger partial charge in [-0.15, -0.1) is 11.3 Å². The molecule has 1 rings (SSSR count). The molecule has 0 radical (unpaired) electrons. The molecular formula is C11H20N2S2. The van der Waals surface area contributed by atoms with Gasteiger partial charge in [-0.3, -0.25) is 0 Å². The fourth-order valence-electron chi connectivity index (χ4n) is 1.11. The van der Waals surface area contributed by atoms with Gasteiger partial charge in [-0.05, 0) is 19.4 Å². The van der Waals surface area contributed by atoms with E-state index in [9.17, 15) is 0 Å². The maximum absolute atomic E-state index is 4.44. The predicted octanol–water partition coefficient (Wildman–Crippen LogP) is 3.18. The third kappa shape index (κ3) is 5.54. The van der Waals surface area contributed by atoms with Crippen LogP contribution in [0.2, 0.25) is 0 Å². The average molecular weight is 244 g/mol. The summed E-state index contributed by atoms with van der Waals surface area (Å²) < 4.78 is 1.20. The lowest BCUT2D eigenvalue weighted by Gasteiger charge is -2.13. The van der Waals surface area contributed by atoms with Gasteiger partial charge in [-0.1, -0.05) is 32.5 Å². The van der Waals surface area contributed by atoms with Crippen LogP contribution >= 0.6 is 23.1 Å². The van der Waals surface area contributed by atoms with Crippen molar-refractivity contribution in [3.63, 3.8) is 0 Å². The van der Waals surface area contributed by atoms with E-state index in [1.807, 2.05) is 18.7 Å². The summed E-state index contributed by atoms with van der Waals surface area (Å²) in [5, 5.41) is 5.57. The van der Waals surface area contributed by atoms with Crippen LogP contribution in [0.1, 0.15) is 26.5 Å². The second-order valence-electron chi connectivity index (χ2n) is 4.23. The van der Waals surface area contributed by atoms with Crippen molar-refractivity contribution >= 4 is 23.1 Å². The van der Waals surface area contributed by atoms with Crippen LogP contribution in [0.4, 0.5) is 0 Å². The molecule has 15 heavy (non-hydrogen) atoms. The van der Waals surface area contributed by atoms with Gasteiger partial charge in [0.05, 0.1) is 0 Å². The highest BCUT2D eigenvalue weighted by Crippen LogP contribution is 2.24. The molecule has 0 aliphatic carbocycles. The Kier molecular flexibility index (Phi) is 5.64. The van der Waals surface area contributed by atoms with Crippen LogP contribution in [0.25, 0.3) is 0 Å². The fourth-order valence-corrected chi connectivity index (χ4v) is 3.00. The van der Waals surface area contributed by atoms with Gasteiger partial charge in [0.2, 0.25) is 0 Å². The number of aryl methyl sites for hydroxylation is 1. The largest absolute Gasteiger partial charge is 0.314 e. The molecule has 86 valence electrons. The monoisotopic (exact) mass is 244 g/mol. The normalized spacial score (nSPS) is 13.4. The fraction of sp³-hybridized carbons (Fsp3) is 0.727. The molecule has 1 aromatic rings. The van der Waals surface area contributed by atoms with Crippen molar-refractivity contribution in [2.45, 2.75) is 38.1 Å². The van der Waals surface area contributed by atoms with Crippen molar-refractivity contribution < 1.29 is 0 Å². The summed E-state index contributed by atoms with van der Waals surface area (Å²) in [5.41, 5.74) is 1.13. The van der Waals surface area contributed by atoms with Gasteiger partial charge < -0.3 is 5.32 Å². The predicted molar refractivity (Wildman–Crippen MR) is 69.9 cm³/mol. The average Bonchev–Trinajstić information content (AvgIpc) is 2.58. The zero-order valence-corrected chi connectivity index (χ0v) is 11.5. The Bertz CT molecular complexity index is 284. The molecular weight excluding hydrogens is 224 g/mol. The van der Waals surface area contributed by atoms with Crippen molar-refractivity contribution in [2.24, 2.45) is 5.92 Å². The standard InChI is InChI=1S/C11H20N2S2/c1-8(2)12-5-9(3)6-14-11-13-10(4)7-15-11/h7-9,12H,5-6H2,1-4H3. The molecule has 1 heterocycles. The maximum atomic E-state index is 4.44. The van der Waals surface area contributed by atoms with Crippen molar-refractivity contribution in [1.82, 2.24) is 10.3 Å². The van der Waals surface area contributed by atoms with Gasteiger partial charge in [0.15, 0.2) is 0 Å². The smallest absolute Gasteiger partial charge is 0.150 e. The number of hydrogen-bond acceptors (Lipinski definition) is 4. The van der Waals surface area contributed by atoms with Gasteiger partial charge in [-0.2, -0.15) is 0 Å². The van der Waals surface area contributed by atoms with E-state index in [0.29, 0.717) is 12.0 Å². The Balaban J connectivity index is 2.19. The number of nitrogens with zero attached hydrogens (tertiary/aromatic N) is 1. The van der Waals surface area contributed by atoms with Crippen LogP contribution in [-0.2, 0) is 0 Å². The van der Waals surface area contributed by atoms with Crippen molar-refractivity contribution in [2.75, 3.05) is 12.3 Å². The molecule has 1 unspecified atom stereocenters. The van der Waals surface area contributed by atoms with Crippen LogP contribution in [0.5, 0.6) is 0 Å². The summed E-state index contributed by atoms with van der Waals surface area (Å²) in [7, 11) is 0. The van der Waals surface area contributed by atoms with Crippen molar-refractivity contribution in [3.05, 3.63) is 11.1 Å². The van der Waals surface area contributed by atoms with E-state index >= 15 is 0 Å². The van der Waals surface area contributed by atoms with Crippen LogP contribution in [0.3, 0.4) is 0 Å². The molecule has 4 heteroatoms. The Hall–Kier alpha value is -0.0600. The summed E-state index contributed by atoms with van der Waals surface area (Å²) in [6.45, 7) is 9.79. The van der Waals surface area contributed by atoms with E-state index in [0.717, 1.165) is 18.0 Å². The second-order valence-corrected chi connectivity index (χ2v) is 6.36. The SMILES string of the molecule is Cc1csc(SCC(C)CNC(C)C)n1. The summed E-state index contributed by atoms with van der Waals surface area (Å²) >= 11 is 3.62. The lowest BCUT2D eigenvalue weighted by atomic mass is 10.2. The topological polar surface area (TPSA) is 24.9 Å². The van der Waals surface area contributed by atoms with Crippen molar-refractivity contribution in [3.8, 4) is 0 Å². The highest BCUT2D eigenvalue weighted by Gasteiger charge is 2.05. The number of thiazole rings is 1. The molecule has 0 aromatic carbocycles. The molecule has 1 N–H and O–H groups in total. The van der Waals surface area contributed by atoms with E-state index in [1.165, 1.54) is 4.34 Å². The Morgan fingerprint density at radius 1 is 1.47 bits per heavy atom. The van der Waals surface area contributed by atoms with Gasteiger partial charge in [-0.25, -0.2) is 4.98 Å². The van der Waals surface area contributed by atoms with Crippen LogP contribution in [0.15, 0.2) is 9.72 Å². The van der Waals surface area contributed by atoms with Gasteiger partial charge in [0, 0.05) is 22.9 Å². The molecule has 0 aliphatic heterocycles. The summed E-state index contributed by atoms with van der Waals surface area (Å²) in [5.74, 6) is 1.84. The molecule has 0 saturated carbocycles. The summed E-state index contributed by atoms with van der Waals surface area (Å²) in [6.07, 6.45) is 0. The first-order valence-corrected chi connectivity index (χ1v) is 7.22. The molecule has 0 amide bonds. The van der Waals surface area contributed by atoms with Crippen LogP contribution < -0.4 is 5.32 Å². The highest BCUT2D eigenvalue weighted by atomic mass is 32.2. The first-order valence-electron chi connectivity index (χ1n) is 5.36. The number of hydrogen-bond donors (Lipinski definition) is 1. The third-order valence-electron chi connectivity index (χ3n) is 1.96. The van der Waals surface area contributed by atoms with Gasteiger partial charge >= 0.3 is 0 Å². The van der Waals surface area contributed by atoms with Crippen molar-refractivity contribution in [1.29, 1.82) is 0 Å². The molecule has 0 bridgehead atoms. The van der Waals surface area contributed by atoms with Gasteiger partial charge in [0.25, 0.3) is 0 Å². The summed E-state index contributed by atoms with van der Waals surface area (Å²) in [6, 6.07) is 0.583. The van der Waals surface area contributed by atoms with Crippen LogP contribution in [0, 0.1) is 12.8 Å². The molecule has 0 fully saturated rings. The molecule has 0 spiro atoms. The Labute approximate surface area is 101 Å². The molecule has 0 saturated heterocycles. The van der Waals surface area contributed by atoms with Crippen LogP contribution in [-0.4, -0.2) is 23.3 Å². The third-order valence-corrected chi connectivity index (χ3v) is 4.43. The number of aromatic nitrogens is 1. The first kappa shape index (κ1) is 13.0. The summed E-state index contributed by atoms with van der Waals surface area (Å²) in [4.78, 5) is 4.44. The number of thioether (sulfide) groups is 1. The minimum Gasteiger partial charge on any atom is -0.314 e. The number of rotatable bonds is 6. The second kappa shape index (κ2) is 6.51. The lowest BCUT2D eigenvalue weighted by Crippen LogP contribution is -2.28. The maximum Gasteiger partial charge on any atom is 0.150 e.